The van der Waals surface area contributed by atoms with Gasteiger partial charge in [0, 0.05) is 12.5 Å². The molecule has 14 heavy (non-hydrogen) atoms. The molecule has 0 saturated heterocycles. The van der Waals surface area contributed by atoms with Crippen LogP contribution in [-0.4, -0.2) is 15.9 Å². The van der Waals surface area contributed by atoms with E-state index in [0.29, 0.717) is 12.2 Å². The van der Waals surface area contributed by atoms with Crippen molar-refractivity contribution in [3.05, 3.63) is 24.5 Å². The maximum Gasteiger partial charge on any atom is 0.310 e. The molecule has 0 atom stereocenters. The molecule has 1 N–H and O–H groups in total. The van der Waals surface area contributed by atoms with Crippen LogP contribution < -0.4 is 4.74 Å². The highest BCUT2D eigenvalue weighted by atomic mass is 16.5. The van der Waals surface area contributed by atoms with E-state index in [4.69, 9.17) is 4.74 Å². The molecular weight excluding hydrogens is 180 g/mol. The standard InChI is InChI=1S/C10H10N2O2/c1-2-10(13)14-7-3-4-8-9(5-7)12-6-11-8/h3-6H,2H2,1H3,(H,11,12). The number of aromatic amines is 1. The van der Waals surface area contributed by atoms with Gasteiger partial charge in [0.2, 0.25) is 0 Å². The quantitative estimate of drug-likeness (QED) is 0.581. The molecule has 2 rings (SSSR count). The zero-order valence-corrected chi connectivity index (χ0v) is 7.78. The summed E-state index contributed by atoms with van der Waals surface area (Å²) in [5.74, 6) is 0.302. The number of nitrogens with one attached hydrogen (secondary N) is 1. The predicted octanol–water partition coefficient (Wildman–Crippen LogP) is 1.88. The molecule has 0 fully saturated rings. The van der Waals surface area contributed by atoms with E-state index in [1.165, 1.54) is 0 Å². The predicted molar refractivity (Wildman–Crippen MR) is 52.0 cm³/mol. The van der Waals surface area contributed by atoms with Crippen LogP contribution in [0.4, 0.5) is 0 Å². The van der Waals surface area contributed by atoms with Crippen molar-refractivity contribution in [1.82, 2.24) is 9.97 Å². The van der Waals surface area contributed by atoms with Crippen LogP contribution in [0.25, 0.3) is 11.0 Å². The minimum absolute atomic E-state index is 0.236. The van der Waals surface area contributed by atoms with Gasteiger partial charge in [0.05, 0.1) is 17.4 Å². The molecule has 2 aromatic rings. The molecule has 1 aromatic carbocycles. The van der Waals surface area contributed by atoms with Gasteiger partial charge >= 0.3 is 5.97 Å². The lowest BCUT2D eigenvalue weighted by Gasteiger charge is -2.01. The molecule has 0 aliphatic carbocycles. The lowest BCUT2D eigenvalue weighted by Crippen LogP contribution is -2.05. The Morgan fingerprint density at radius 3 is 3.21 bits per heavy atom. The average Bonchev–Trinajstić information content (AvgIpc) is 2.64. The molecule has 0 saturated carbocycles. The van der Waals surface area contributed by atoms with Crippen LogP contribution in [0.1, 0.15) is 13.3 Å². The summed E-state index contributed by atoms with van der Waals surface area (Å²) >= 11 is 0. The average molecular weight is 190 g/mol. The molecule has 72 valence electrons. The Morgan fingerprint density at radius 2 is 2.43 bits per heavy atom. The van der Waals surface area contributed by atoms with Gasteiger partial charge in [-0.3, -0.25) is 4.79 Å². The third-order valence-corrected chi connectivity index (χ3v) is 1.91. The van der Waals surface area contributed by atoms with Gasteiger partial charge in [0.1, 0.15) is 5.75 Å². The van der Waals surface area contributed by atoms with Crippen LogP contribution in [0, 0.1) is 0 Å². The van der Waals surface area contributed by atoms with E-state index in [0.717, 1.165) is 11.0 Å². The van der Waals surface area contributed by atoms with Crippen LogP contribution in [0.5, 0.6) is 5.75 Å². The van der Waals surface area contributed by atoms with E-state index in [9.17, 15) is 4.79 Å². The van der Waals surface area contributed by atoms with Crippen molar-refractivity contribution < 1.29 is 9.53 Å². The maximum absolute atomic E-state index is 11.0. The van der Waals surface area contributed by atoms with E-state index in [2.05, 4.69) is 9.97 Å². The van der Waals surface area contributed by atoms with Gasteiger partial charge in [-0.1, -0.05) is 6.92 Å². The molecule has 0 radical (unpaired) electrons. The van der Waals surface area contributed by atoms with E-state index in [1.54, 1.807) is 25.4 Å². The number of carbonyl (C=O) groups excluding carboxylic acids is 1. The van der Waals surface area contributed by atoms with Crippen molar-refractivity contribution in [3.8, 4) is 5.75 Å². The Hall–Kier alpha value is -1.84. The fourth-order valence-corrected chi connectivity index (χ4v) is 1.18. The number of hydrogen-bond acceptors (Lipinski definition) is 3. The van der Waals surface area contributed by atoms with E-state index < -0.39 is 0 Å². The van der Waals surface area contributed by atoms with Gasteiger partial charge in [0.15, 0.2) is 0 Å². The smallest absolute Gasteiger partial charge is 0.310 e. The first kappa shape index (κ1) is 8.74. The first-order valence-corrected chi connectivity index (χ1v) is 4.43. The summed E-state index contributed by atoms with van der Waals surface area (Å²) in [6, 6.07) is 5.31. The number of fused-ring (bicyclic) bond motifs is 1. The Labute approximate surface area is 80.9 Å². The van der Waals surface area contributed by atoms with Crippen molar-refractivity contribution in [2.75, 3.05) is 0 Å². The van der Waals surface area contributed by atoms with E-state index in [-0.39, 0.29) is 5.97 Å². The Bertz CT molecular complexity index is 462. The molecule has 4 heteroatoms. The van der Waals surface area contributed by atoms with Crippen LogP contribution in [0.2, 0.25) is 0 Å². The first-order chi connectivity index (χ1) is 6.79. The van der Waals surface area contributed by atoms with Gasteiger partial charge in [-0.2, -0.15) is 0 Å². The number of ether oxygens (including phenoxy) is 1. The molecule has 0 unspecified atom stereocenters. The van der Waals surface area contributed by atoms with Gasteiger partial charge in [-0.05, 0) is 12.1 Å². The zero-order valence-electron chi connectivity index (χ0n) is 7.78. The van der Waals surface area contributed by atoms with Gasteiger partial charge in [-0.25, -0.2) is 4.98 Å². The topological polar surface area (TPSA) is 55.0 Å². The van der Waals surface area contributed by atoms with Gasteiger partial charge in [-0.15, -0.1) is 0 Å². The number of imidazole rings is 1. The summed E-state index contributed by atoms with van der Waals surface area (Å²) in [5, 5.41) is 0. The highest BCUT2D eigenvalue weighted by Gasteiger charge is 2.03. The zero-order chi connectivity index (χ0) is 9.97. The molecule has 4 nitrogen and oxygen atoms in total. The van der Waals surface area contributed by atoms with Gasteiger partial charge < -0.3 is 9.72 Å². The first-order valence-electron chi connectivity index (χ1n) is 4.43. The van der Waals surface area contributed by atoms with Crippen molar-refractivity contribution in [3.63, 3.8) is 0 Å². The summed E-state index contributed by atoms with van der Waals surface area (Å²) < 4.78 is 5.05. The summed E-state index contributed by atoms with van der Waals surface area (Å²) in [6.45, 7) is 1.76. The van der Waals surface area contributed by atoms with Crippen molar-refractivity contribution in [2.24, 2.45) is 0 Å². The lowest BCUT2D eigenvalue weighted by molar-refractivity contribution is -0.134. The van der Waals surface area contributed by atoms with Crippen LogP contribution >= 0.6 is 0 Å². The Balaban J connectivity index is 2.30. The molecule has 0 spiro atoms. The second-order valence-electron chi connectivity index (χ2n) is 2.91. The molecule has 1 aromatic heterocycles. The number of H-pyrrole nitrogens is 1. The Morgan fingerprint density at radius 1 is 1.57 bits per heavy atom. The molecule has 0 aliphatic rings. The van der Waals surface area contributed by atoms with Crippen LogP contribution in [0.15, 0.2) is 24.5 Å². The molecule has 1 heterocycles. The largest absolute Gasteiger partial charge is 0.426 e. The normalized spacial score (nSPS) is 10.4. The summed E-state index contributed by atoms with van der Waals surface area (Å²) in [5.41, 5.74) is 1.73. The number of hydrogen-bond donors (Lipinski definition) is 1. The minimum Gasteiger partial charge on any atom is -0.426 e. The summed E-state index contributed by atoms with van der Waals surface area (Å²) in [6.07, 6.45) is 1.98. The fraction of sp³-hybridized carbons (Fsp3) is 0.200. The molecule has 0 aliphatic heterocycles. The minimum atomic E-state index is -0.236. The number of nitrogens with zero attached hydrogens (tertiary/aromatic N) is 1. The van der Waals surface area contributed by atoms with Crippen molar-refractivity contribution >= 4 is 17.0 Å². The second-order valence-corrected chi connectivity index (χ2v) is 2.91. The van der Waals surface area contributed by atoms with Crippen LogP contribution in [0.3, 0.4) is 0 Å². The van der Waals surface area contributed by atoms with Crippen molar-refractivity contribution in [1.29, 1.82) is 0 Å². The summed E-state index contributed by atoms with van der Waals surface area (Å²) in [7, 11) is 0. The third kappa shape index (κ3) is 1.59. The van der Waals surface area contributed by atoms with Crippen LogP contribution in [-0.2, 0) is 4.79 Å². The molecular formula is C10H10N2O2. The second kappa shape index (κ2) is 3.49. The summed E-state index contributed by atoms with van der Waals surface area (Å²) in [4.78, 5) is 18.0. The lowest BCUT2D eigenvalue weighted by atomic mass is 10.3. The van der Waals surface area contributed by atoms with Gasteiger partial charge in [0.25, 0.3) is 0 Å². The van der Waals surface area contributed by atoms with E-state index in [1.807, 2.05) is 6.07 Å². The fourth-order valence-electron chi connectivity index (χ4n) is 1.18. The highest BCUT2D eigenvalue weighted by Crippen LogP contribution is 2.17. The maximum atomic E-state index is 11.0. The molecule has 0 bridgehead atoms. The number of aromatic nitrogens is 2. The number of rotatable bonds is 2. The highest BCUT2D eigenvalue weighted by molar-refractivity contribution is 5.78. The number of carbonyl (C=O) groups is 1. The monoisotopic (exact) mass is 190 g/mol. The van der Waals surface area contributed by atoms with Crippen molar-refractivity contribution in [2.45, 2.75) is 13.3 Å². The number of esters is 1. The number of benzene rings is 1. The Kier molecular flexibility index (Phi) is 2.18. The molecule has 0 amide bonds. The SMILES string of the molecule is CCC(=O)Oc1ccc2[nH]cnc2c1. The third-order valence-electron chi connectivity index (χ3n) is 1.91. The van der Waals surface area contributed by atoms with E-state index >= 15 is 0 Å².